The number of rotatable bonds is 4. The second kappa shape index (κ2) is 6.74. The van der Waals surface area contributed by atoms with Gasteiger partial charge in [0.15, 0.2) is 0 Å². The summed E-state index contributed by atoms with van der Waals surface area (Å²) in [5.74, 6) is 0. The van der Waals surface area contributed by atoms with Gasteiger partial charge in [0.05, 0.1) is 5.60 Å². The number of hydrogen-bond acceptors (Lipinski definition) is 2. The molecule has 1 atom stereocenters. The molecule has 1 aliphatic rings. The Hall–Kier alpha value is -0.570. The molecule has 3 heteroatoms. The van der Waals surface area contributed by atoms with E-state index in [1.165, 1.54) is 12.8 Å². The van der Waals surface area contributed by atoms with Crippen LogP contribution in [0.5, 0.6) is 0 Å². The normalized spacial score (nSPS) is 20.8. The van der Waals surface area contributed by atoms with E-state index < -0.39 is 5.60 Å². The fourth-order valence-corrected chi connectivity index (χ4v) is 3.14. The zero-order valence-corrected chi connectivity index (χ0v) is 12.4. The highest BCUT2D eigenvalue weighted by Crippen LogP contribution is 2.28. The van der Waals surface area contributed by atoms with Crippen molar-refractivity contribution in [3.05, 3.63) is 34.9 Å². The first kappa shape index (κ1) is 14.8. The minimum atomic E-state index is -0.536. The molecule has 0 saturated heterocycles. The average Bonchev–Trinajstić information content (AvgIpc) is 2.62. The van der Waals surface area contributed by atoms with Gasteiger partial charge in [0, 0.05) is 17.6 Å². The summed E-state index contributed by atoms with van der Waals surface area (Å²) in [6.07, 6.45) is 6.60. The quantitative estimate of drug-likeness (QED) is 0.815. The van der Waals surface area contributed by atoms with Crippen molar-refractivity contribution in [1.82, 2.24) is 5.32 Å². The minimum Gasteiger partial charge on any atom is -0.389 e. The van der Waals surface area contributed by atoms with Crippen LogP contribution in [0.3, 0.4) is 0 Å². The Labute approximate surface area is 121 Å². The molecule has 19 heavy (non-hydrogen) atoms. The van der Waals surface area contributed by atoms with Gasteiger partial charge in [-0.2, -0.15) is 0 Å². The largest absolute Gasteiger partial charge is 0.389 e. The molecule has 1 saturated carbocycles. The molecule has 1 fully saturated rings. The van der Waals surface area contributed by atoms with E-state index in [1.54, 1.807) is 0 Å². The Morgan fingerprint density at radius 1 is 1.21 bits per heavy atom. The van der Waals surface area contributed by atoms with Crippen LogP contribution in [0.25, 0.3) is 0 Å². The predicted octanol–water partition coefficient (Wildman–Crippen LogP) is 4.08. The molecule has 0 aliphatic heterocycles. The molecule has 0 radical (unpaired) electrons. The number of nitrogens with one attached hydrogen (secondary N) is 1. The van der Waals surface area contributed by atoms with Crippen LogP contribution in [-0.4, -0.2) is 17.3 Å². The van der Waals surface area contributed by atoms with E-state index in [2.05, 4.69) is 12.2 Å². The summed E-state index contributed by atoms with van der Waals surface area (Å²) in [7, 11) is 0. The van der Waals surface area contributed by atoms with Crippen molar-refractivity contribution >= 4 is 11.6 Å². The zero-order valence-electron chi connectivity index (χ0n) is 11.7. The fraction of sp³-hybridized carbons (Fsp3) is 0.625. The van der Waals surface area contributed by atoms with Crippen molar-refractivity contribution in [2.75, 3.05) is 6.54 Å². The van der Waals surface area contributed by atoms with E-state index in [4.69, 9.17) is 11.6 Å². The van der Waals surface area contributed by atoms with Gasteiger partial charge in [0.1, 0.15) is 0 Å². The number of benzene rings is 1. The van der Waals surface area contributed by atoms with Gasteiger partial charge < -0.3 is 10.4 Å². The molecule has 2 N–H and O–H groups in total. The van der Waals surface area contributed by atoms with Crippen molar-refractivity contribution in [2.24, 2.45) is 0 Å². The third-order valence-corrected chi connectivity index (χ3v) is 4.49. The first-order valence-electron chi connectivity index (χ1n) is 7.31. The number of halogens is 1. The molecule has 0 amide bonds. The summed E-state index contributed by atoms with van der Waals surface area (Å²) in [5.41, 5.74) is 0.563. The Bertz CT molecular complexity index is 399. The maximum atomic E-state index is 10.6. The maximum Gasteiger partial charge on any atom is 0.0771 e. The van der Waals surface area contributed by atoms with Crippen molar-refractivity contribution in [2.45, 2.75) is 57.1 Å². The average molecular weight is 282 g/mol. The third-order valence-electron chi connectivity index (χ3n) is 4.14. The van der Waals surface area contributed by atoms with Gasteiger partial charge in [-0.3, -0.25) is 0 Å². The van der Waals surface area contributed by atoms with E-state index >= 15 is 0 Å². The third kappa shape index (κ3) is 4.20. The standard InChI is InChI=1S/C16H24ClNO/c1-13(14-8-4-5-9-15(14)17)18-12-16(19)10-6-2-3-7-11-16/h4-5,8-9,13,18-19H,2-3,6-7,10-12H2,1H3/t13-/m1/s1. The molecule has 0 spiro atoms. The highest BCUT2D eigenvalue weighted by molar-refractivity contribution is 6.31. The van der Waals surface area contributed by atoms with Gasteiger partial charge in [-0.1, -0.05) is 55.5 Å². The SMILES string of the molecule is C[C@@H](NCC1(O)CCCCCC1)c1ccccc1Cl. The van der Waals surface area contributed by atoms with E-state index in [1.807, 2.05) is 24.3 Å². The molecule has 106 valence electrons. The van der Waals surface area contributed by atoms with Crippen LogP contribution in [0, 0.1) is 0 Å². The Kier molecular flexibility index (Phi) is 5.26. The van der Waals surface area contributed by atoms with E-state index in [0.29, 0.717) is 6.54 Å². The summed E-state index contributed by atoms with van der Waals surface area (Å²) >= 11 is 6.20. The lowest BCUT2D eigenvalue weighted by Crippen LogP contribution is -2.41. The van der Waals surface area contributed by atoms with Crippen molar-refractivity contribution in [3.8, 4) is 0 Å². The lowest BCUT2D eigenvalue weighted by Gasteiger charge is -2.29. The molecule has 0 heterocycles. The van der Waals surface area contributed by atoms with Gasteiger partial charge in [-0.25, -0.2) is 0 Å². The van der Waals surface area contributed by atoms with E-state index in [0.717, 1.165) is 36.3 Å². The van der Waals surface area contributed by atoms with E-state index in [9.17, 15) is 5.11 Å². The topological polar surface area (TPSA) is 32.3 Å². The Balaban J connectivity index is 1.92. The van der Waals surface area contributed by atoms with Crippen LogP contribution < -0.4 is 5.32 Å². The highest BCUT2D eigenvalue weighted by atomic mass is 35.5. The van der Waals surface area contributed by atoms with Crippen LogP contribution in [0.2, 0.25) is 5.02 Å². The zero-order chi connectivity index (χ0) is 13.7. The lowest BCUT2D eigenvalue weighted by molar-refractivity contribution is 0.0231. The van der Waals surface area contributed by atoms with Crippen molar-refractivity contribution in [3.63, 3.8) is 0 Å². The molecule has 1 aliphatic carbocycles. The minimum absolute atomic E-state index is 0.168. The van der Waals surface area contributed by atoms with E-state index in [-0.39, 0.29) is 6.04 Å². The highest BCUT2D eigenvalue weighted by Gasteiger charge is 2.28. The Morgan fingerprint density at radius 2 is 1.84 bits per heavy atom. The van der Waals surface area contributed by atoms with Crippen LogP contribution in [-0.2, 0) is 0 Å². The monoisotopic (exact) mass is 281 g/mol. The van der Waals surface area contributed by atoms with Gasteiger partial charge in [-0.05, 0) is 31.4 Å². The number of hydrogen-bond donors (Lipinski definition) is 2. The van der Waals surface area contributed by atoms with Crippen LogP contribution in [0.15, 0.2) is 24.3 Å². The number of aliphatic hydroxyl groups is 1. The second-order valence-electron chi connectivity index (χ2n) is 5.76. The summed E-state index contributed by atoms with van der Waals surface area (Å²) in [6.45, 7) is 2.75. The van der Waals surface area contributed by atoms with Crippen molar-refractivity contribution < 1.29 is 5.11 Å². The van der Waals surface area contributed by atoms with Crippen LogP contribution >= 0.6 is 11.6 Å². The Morgan fingerprint density at radius 3 is 2.47 bits per heavy atom. The van der Waals surface area contributed by atoms with Gasteiger partial charge in [0.25, 0.3) is 0 Å². The molecule has 0 unspecified atom stereocenters. The molecule has 0 aromatic heterocycles. The smallest absolute Gasteiger partial charge is 0.0771 e. The first-order valence-corrected chi connectivity index (χ1v) is 7.69. The van der Waals surface area contributed by atoms with Gasteiger partial charge >= 0.3 is 0 Å². The summed E-state index contributed by atoms with van der Waals surface area (Å²) < 4.78 is 0. The summed E-state index contributed by atoms with van der Waals surface area (Å²) in [4.78, 5) is 0. The van der Waals surface area contributed by atoms with Gasteiger partial charge in [-0.15, -0.1) is 0 Å². The second-order valence-corrected chi connectivity index (χ2v) is 6.17. The molecule has 0 bridgehead atoms. The molecule has 2 rings (SSSR count). The molecule has 1 aromatic carbocycles. The van der Waals surface area contributed by atoms with Gasteiger partial charge in [0.2, 0.25) is 0 Å². The van der Waals surface area contributed by atoms with Crippen LogP contribution in [0.1, 0.15) is 57.1 Å². The molecular weight excluding hydrogens is 258 g/mol. The van der Waals surface area contributed by atoms with Crippen LogP contribution in [0.4, 0.5) is 0 Å². The lowest BCUT2D eigenvalue weighted by atomic mass is 9.94. The maximum absolute atomic E-state index is 10.6. The fourth-order valence-electron chi connectivity index (χ4n) is 2.84. The summed E-state index contributed by atoms with van der Waals surface area (Å²) in [5, 5.41) is 14.9. The predicted molar refractivity (Wildman–Crippen MR) is 80.5 cm³/mol. The van der Waals surface area contributed by atoms with Crippen molar-refractivity contribution in [1.29, 1.82) is 0 Å². The molecular formula is C16H24ClNO. The molecule has 2 nitrogen and oxygen atoms in total. The first-order chi connectivity index (χ1) is 9.11. The molecule has 1 aromatic rings. The summed E-state index contributed by atoms with van der Waals surface area (Å²) in [6, 6.07) is 8.06.